The molecule has 0 bridgehead atoms. The summed E-state index contributed by atoms with van der Waals surface area (Å²) in [6, 6.07) is 6.84. The highest BCUT2D eigenvalue weighted by molar-refractivity contribution is 7.89. The number of aryl methyl sites for hydroxylation is 1. The van der Waals surface area contributed by atoms with Crippen molar-refractivity contribution in [3.05, 3.63) is 29.8 Å². The number of piperidine rings is 1. The van der Waals surface area contributed by atoms with E-state index in [4.69, 9.17) is 0 Å². The Bertz CT molecular complexity index is 608. The first-order chi connectivity index (χ1) is 9.82. The molecule has 5 nitrogen and oxygen atoms in total. The van der Waals surface area contributed by atoms with Crippen molar-refractivity contribution in [3.63, 3.8) is 0 Å². The highest BCUT2D eigenvalue weighted by Gasteiger charge is 2.33. The number of amides is 1. The Kier molecular flexibility index (Phi) is 4.68. The van der Waals surface area contributed by atoms with Gasteiger partial charge in [0.2, 0.25) is 15.9 Å². The number of nitrogens with zero attached hydrogens (tertiary/aromatic N) is 2. The van der Waals surface area contributed by atoms with E-state index in [1.807, 2.05) is 6.92 Å². The van der Waals surface area contributed by atoms with E-state index in [-0.39, 0.29) is 18.4 Å². The summed E-state index contributed by atoms with van der Waals surface area (Å²) < 4.78 is 26.7. The lowest BCUT2D eigenvalue weighted by molar-refractivity contribution is -0.134. The smallest absolute Gasteiger partial charge is 0.243 e. The normalized spacial score (nSPS) is 20.2. The zero-order valence-corrected chi connectivity index (χ0v) is 13.6. The van der Waals surface area contributed by atoms with E-state index in [0.29, 0.717) is 11.4 Å². The van der Waals surface area contributed by atoms with Crippen molar-refractivity contribution >= 4 is 15.9 Å². The van der Waals surface area contributed by atoms with E-state index in [1.165, 1.54) is 9.21 Å². The number of hydrogen-bond acceptors (Lipinski definition) is 3. The average molecular weight is 310 g/mol. The summed E-state index contributed by atoms with van der Waals surface area (Å²) in [6.07, 6.45) is 1.46. The van der Waals surface area contributed by atoms with Gasteiger partial charge in [-0.2, -0.15) is 4.31 Å². The van der Waals surface area contributed by atoms with E-state index < -0.39 is 10.0 Å². The van der Waals surface area contributed by atoms with Gasteiger partial charge in [-0.1, -0.05) is 17.7 Å². The molecule has 1 fully saturated rings. The minimum Gasteiger partial charge on any atom is -0.349 e. The summed E-state index contributed by atoms with van der Waals surface area (Å²) in [5.41, 5.74) is 1.02. The standard InChI is InChI=1S/C15H22N2O3S/c1-12-6-8-14(9-7-12)21(19,20)17-10-4-5-13(11-17)15(18)16(2)3/h6-9,13H,4-5,10-11H2,1-3H3. The molecule has 1 heterocycles. The van der Waals surface area contributed by atoms with Crippen LogP contribution >= 0.6 is 0 Å². The van der Waals surface area contributed by atoms with Crippen molar-refractivity contribution in [2.75, 3.05) is 27.2 Å². The fraction of sp³-hybridized carbons (Fsp3) is 0.533. The van der Waals surface area contributed by atoms with Gasteiger partial charge >= 0.3 is 0 Å². The van der Waals surface area contributed by atoms with Crippen molar-refractivity contribution in [2.45, 2.75) is 24.7 Å². The molecule has 1 atom stereocenters. The molecule has 1 aromatic carbocycles. The molecule has 0 saturated carbocycles. The lowest BCUT2D eigenvalue weighted by Crippen LogP contribution is -2.45. The molecule has 1 aliphatic heterocycles. The van der Waals surface area contributed by atoms with Gasteiger partial charge < -0.3 is 4.90 Å². The Labute approximate surface area is 126 Å². The van der Waals surface area contributed by atoms with Gasteiger partial charge in [-0.15, -0.1) is 0 Å². The van der Waals surface area contributed by atoms with Crippen LogP contribution < -0.4 is 0 Å². The van der Waals surface area contributed by atoms with Gasteiger partial charge in [-0.3, -0.25) is 4.79 Å². The maximum Gasteiger partial charge on any atom is 0.243 e. The Balaban J connectivity index is 2.20. The summed E-state index contributed by atoms with van der Waals surface area (Å²) in [4.78, 5) is 13.9. The van der Waals surface area contributed by atoms with Gasteiger partial charge in [0.1, 0.15) is 0 Å². The molecule has 116 valence electrons. The molecule has 1 aromatic rings. The monoisotopic (exact) mass is 310 g/mol. The Morgan fingerprint density at radius 3 is 2.43 bits per heavy atom. The number of carbonyl (C=O) groups excluding carboxylic acids is 1. The van der Waals surface area contributed by atoms with Crippen LogP contribution in [-0.2, 0) is 14.8 Å². The summed E-state index contributed by atoms with van der Waals surface area (Å²) in [5.74, 6) is -0.243. The molecular formula is C15H22N2O3S. The van der Waals surface area contributed by atoms with E-state index >= 15 is 0 Å². The van der Waals surface area contributed by atoms with E-state index in [9.17, 15) is 13.2 Å². The highest BCUT2D eigenvalue weighted by atomic mass is 32.2. The van der Waals surface area contributed by atoms with Crippen LogP contribution in [0.3, 0.4) is 0 Å². The second-order valence-electron chi connectivity index (χ2n) is 5.75. The predicted molar refractivity (Wildman–Crippen MR) is 81.4 cm³/mol. The SMILES string of the molecule is Cc1ccc(S(=O)(=O)N2CCCC(C(=O)N(C)C)C2)cc1. The number of carbonyl (C=O) groups is 1. The molecule has 1 amide bonds. The zero-order valence-electron chi connectivity index (χ0n) is 12.7. The van der Waals surface area contributed by atoms with Gasteiger partial charge in [-0.05, 0) is 31.9 Å². The maximum atomic E-state index is 12.6. The minimum absolute atomic E-state index is 0.00111. The third-order valence-electron chi connectivity index (χ3n) is 3.83. The summed E-state index contributed by atoms with van der Waals surface area (Å²) >= 11 is 0. The topological polar surface area (TPSA) is 57.7 Å². The molecule has 6 heteroatoms. The van der Waals surface area contributed by atoms with Crippen molar-refractivity contribution in [3.8, 4) is 0 Å². The lowest BCUT2D eigenvalue weighted by atomic mass is 9.98. The van der Waals surface area contributed by atoms with Gasteiger partial charge in [0.25, 0.3) is 0 Å². The highest BCUT2D eigenvalue weighted by Crippen LogP contribution is 2.24. The van der Waals surface area contributed by atoms with Crippen LogP contribution in [0.1, 0.15) is 18.4 Å². The molecule has 21 heavy (non-hydrogen) atoms. The number of sulfonamides is 1. The Morgan fingerprint density at radius 1 is 1.24 bits per heavy atom. The van der Waals surface area contributed by atoms with Crippen LogP contribution in [0, 0.1) is 12.8 Å². The molecule has 1 saturated heterocycles. The average Bonchev–Trinajstić information content (AvgIpc) is 2.47. The molecule has 0 N–H and O–H groups in total. The number of rotatable bonds is 3. The van der Waals surface area contributed by atoms with E-state index in [1.54, 1.807) is 38.4 Å². The fourth-order valence-corrected chi connectivity index (χ4v) is 4.11. The molecule has 0 aromatic heterocycles. The lowest BCUT2D eigenvalue weighted by Gasteiger charge is -2.32. The van der Waals surface area contributed by atoms with E-state index in [2.05, 4.69) is 0 Å². The van der Waals surface area contributed by atoms with Crippen LogP contribution in [0.4, 0.5) is 0 Å². The second kappa shape index (κ2) is 6.15. The van der Waals surface area contributed by atoms with Crippen molar-refractivity contribution in [1.29, 1.82) is 0 Å². The Morgan fingerprint density at radius 2 is 1.86 bits per heavy atom. The third-order valence-corrected chi connectivity index (χ3v) is 5.71. The van der Waals surface area contributed by atoms with Gasteiger partial charge in [0.15, 0.2) is 0 Å². The molecule has 0 aliphatic carbocycles. The number of benzene rings is 1. The summed E-state index contributed by atoms with van der Waals surface area (Å²) in [6.45, 7) is 2.67. The quantitative estimate of drug-likeness (QED) is 0.850. The first-order valence-corrected chi connectivity index (χ1v) is 8.54. The van der Waals surface area contributed by atoms with Gasteiger partial charge in [-0.25, -0.2) is 8.42 Å². The predicted octanol–water partition coefficient (Wildman–Crippen LogP) is 1.48. The molecular weight excluding hydrogens is 288 g/mol. The molecule has 0 radical (unpaired) electrons. The van der Waals surface area contributed by atoms with Crippen LogP contribution in [-0.4, -0.2) is 50.7 Å². The van der Waals surface area contributed by atoms with Crippen LogP contribution in [0.2, 0.25) is 0 Å². The van der Waals surface area contributed by atoms with Crippen LogP contribution in [0.15, 0.2) is 29.2 Å². The van der Waals surface area contributed by atoms with Crippen molar-refractivity contribution < 1.29 is 13.2 Å². The summed E-state index contributed by atoms with van der Waals surface area (Å²) in [5, 5.41) is 0. The van der Waals surface area contributed by atoms with Crippen molar-refractivity contribution in [2.24, 2.45) is 5.92 Å². The minimum atomic E-state index is -3.51. The Hall–Kier alpha value is -1.40. The first kappa shape index (κ1) is 16.0. The summed E-state index contributed by atoms with van der Waals surface area (Å²) in [7, 11) is -0.100. The van der Waals surface area contributed by atoms with Gasteiger partial charge in [0.05, 0.1) is 10.8 Å². The van der Waals surface area contributed by atoms with E-state index in [0.717, 1.165) is 18.4 Å². The van der Waals surface area contributed by atoms with Gasteiger partial charge in [0, 0.05) is 27.2 Å². The molecule has 0 spiro atoms. The second-order valence-corrected chi connectivity index (χ2v) is 7.69. The molecule has 1 unspecified atom stereocenters. The third kappa shape index (κ3) is 3.44. The molecule has 1 aliphatic rings. The maximum absolute atomic E-state index is 12.6. The van der Waals surface area contributed by atoms with Crippen LogP contribution in [0.25, 0.3) is 0 Å². The first-order valence-electron chi connectivity index (χ1n) is 7.10. The van der Waals surface area contributed by atoms with Crippen molar-refractivity contribution in [1.82, 2.24) is 9.21 Å². The fourth-order valence-electron chi connectivity index (χ4n) is 2.59. The van der Waals surface area contributed by atoms with Crippen LogP contribution in [0.5, 0.6) is 0 Å². The zero-order chi connectivity index (χ0) is 15.6. The molecule has 2 rings (SSSR count). The largest absolute Gasteiger partial charge is 0.349 e. The number of hydrogen-bond donors (Lipinski definition) is 0.